The van der Waals surface area contributed by atoms with Crippen molar-refractivity contribution in [3.8, 4) is 62.1 Å². The van der Waals surface area contributed by atoms with Crippen molar-refractivity contribution in [3.05, 3.63) is 206 Å². The van der Waals surface area contributed by atoms with Crippen LogP contribution >= 0.6 is 0 Å². The first-order chi connectivity index (χ1) is 31.2. The maximum Gasteiger partial charge on any atom is 0.238 e. The third-order valence-electron chi connectivity index (χ3n) is 12.3. The average molecular weight is 807 g/mol. The number of hydrogen-bond donors (Lipinski definition) is 0. The SMILES string of the molecule is c1ccc(-c2nc(-c3ccc4c(c3)oc3ccccc34)nc(-n3c4ccccc4c4cccc(-c5cccc(-c6cccc(-c7ccc8oc9ccccc9c8c7)c6)c5)c43)n2)cc1. The quantitative estimate of drug-likeness (QED) is 0.167. The smallest absolute Gasteiger partial charge is 0.238 e. The second-order valence-electron chi connectivity index (χ2n) is 16.0. The molecule has 0 spiro atoms. The summed E-state index contributed by atoms with van der Waals surface area (Å²) in [6.45, 7) is 0. The van der Waals surface area contributed by atoms with Gasteiger partial charge in [-0.25, -0.2) is 4.98 Å². The molecule has 0 unspecified atom stereocenters. The molecule has 0 fully saturated rings. The standard InChI is InChI=1S/C57H34N4O2/c1-2-13-35(14-3-1)55-58-56(41-27-29-46-44-20-5-8-25-50(44)63-53(46)34-41)60-57(59-55)61-49-24-7-4-19-43(49)47-23-12-22-42(54(47)61)40-18-11-17-38(32-40)36-15-10-16-37(31-36)39-28-30-52-48(33-39)45-21-6-9-26-51(45)62-52/h1-34H. The molecule has 0 atom stereocenters. The van der Waals surface area contributed by atoms with Crippen molar-refractivity contribution in [1.82, 2.24) is 19.5 Å². The molecule has 4 aromatic heterocycles. The van der Waals surface area contributed by atoms with E-state index in [9.17, 15) is 0 Å². The van der Waals surface area contributed by atoms with Gasteiger partial charge in [-0.05, 0) is 82.4 Å². The van der Waals surface area contributed by atoms with E-state index >= 15 is 0 Å². The van der Waals surface area contributed by atoms with E-state index in [1.165, 1.54) is 0 Å². The Labute approximate surface area is 361 Å². The van der Waals surface area contributed by atoms with Crippen molar-refractivity contribution < 1.29 is 8.83 Å². The van der Waals surface area contributed by atoms with Crippen molar-refractivity contribution in [1.29, 1.82) is 0 Å². The minimum Gasteiger partial charge on any atom is -0.456 e. The molecule has 6 heteroatoms. The van der Waals surface area contributed by atoms with Crippen molar-refractivity contribution in [2.24, 2.45) is 0 Å². The van der Waals surface area contributed by atoms with Crippen LogP contribution in [-0.4, -0.2) is 19.5 Å². The zero-order valence-corrected chi connectivity index (χ0v) is 33.7. The highest BCUT2D eigenvalue weighted by atomic mass is 16.3. The van der Waals surface area contributed by atoms with Crippen LogP contribution in [0, 0.1) is 0 Å². The summed E-state index contributed by atoms with van der Waals surface area (Å²) in [6, 6.07) is 71.8. The molecule has 0 N–H and O–H groups in total. The molecule has 0 radical (unpaired) electrons. The van der Waals surface area contributed by atoms with Crippen molar-refractivity contribution in [2.75, 3.05) is 0 Å². The first kappa shape index (κ1) is 35.2. The molecule has 13 aromatic rings. The Balaban J connectivity index is 0.974. The molecule has 6 nitrogen and oxygen atoms in total. The van der Waals surface area contributed by atoms with Crippen molar-refractivity contribution in [3.63, 3.8) is 0 Å². The monoisotopic (exact) mass is 806 g/mol. The topological polar surface area (TPSA) is 69.9 Å². The molecule has 0 aliphatic rings. The molecule has 0 aliphatic carbocycles. The lowest BCUT2D eigenvalue weighted by molar-refractivity contribution is 0.668. The fourth-order valence-corrected chi connectivity index (χ4v) is 9.28. The van der Waals surface area contributed by atoms with Gasteiger partial charge in [0.1, 0.15) is 22.3 Å². The second-order valence-corrected chi connectivity index (χ2v) is 16.0. The van der Waals surface area contributed by atoms with Crippen LogP contribution in [0.4, 0.5) is 0 Å². The van der Waals surface area contributed by atoms with E-state index in [4.69, 9.17) is 23.8 Å². The molecular formula is C57H34N4O2. The summed E-state index contributed by atoms with van der Waals surface area (Å²) in [6.07, 6.45) is 0. The number of fused-ring (bicyclic) bond motifs is 9. The molecule has 9 aromatic carbocycles. The van der Waals surface area contributed by atoms with Gasteiger partial charge in [0.2, 0.25) is 5.95 Å². The van der Waals surface area contributed by atoms with E-state index < -0.39 is 0 Å². The van der Waals surface area contributed by atoms with Crippen LogP contribution in [0.25, 0.3) is 128 Å². The van der Waals surface area contributed by atoms with E-state index in [0.29, 0.717) is 17.6 Å². The molecule has 13 rings (SSSR count). The van der Waals surface area contributed by atoms with Crippen molar-refractivity contribution >= 4 is 65.7 Å². The summed E-state index contributed by atoms with van der Waals surface area (Å²) in [5, 5.41) is 6.61. The summed E-state index contributed by atoms with van der Waals surface area (Å²) in [4.78, 5) is 15.7. The minimum atomic E-state index is 0.536. The predicted molar refractivity (Wildman–Crippen MR) is 256 cm³/mol. The van der Waals surface area contributed by atoms with E-state index in [1.807, 2.05) is 66.7 Å². The lowest BCUT2D eigenvalue weighted by atomic mass is 9.95. The lowest BCUT2D eigenvalue weighted by Crippen LogP contribution is -2.07. The number of benzene rings is 9. The van der Waals surface area contributed by atoms with Gasteiger partial charge < -0.3 is 8.83 Å². The summed E-state index contributed by atoms with van der Waals surface area (Å²) >= 11 is 0. The third kappa shape index (κ3) is 5.76. The van der Waals surface area contributed by atoms with Gasteiger partial charge in [-0.2, -0.15) is 9.97 Å². The molecular weight excluding hydrogens is 773 g/mol. The Bertz CT molecular complexity index is 3930. The van der Waals surface area contributed by atoms with Gasteiger partial charge in [0.25, 0.3) is 0 Å². The Morgan fingerprint density at radius 1 is 0.302 bits per heavy atom. The maximum absolute atomic E-state index is 6.33. The number of aromatic nitrogens is 4. The predicted octanol–water partition coefficient (Wildman–Crippen LogP) is 15.1. The van der Waals surface area contributed by atoms with E-state index in [0.717, 1.165) is 110 Å². The zero-order valence-electron chi connectivity index (χ0n) is 33.7. The highest BCUT2D eigenvalue weighted by Crippen LogP contribution is 2.40. The first-order valence-corrected chi connectivity index (χ1v) is 21.1. The maximum atomic E-state index is 6.33. The van der Waals surface area contributed by atoms with Crippen LogP contribution in [0.1, 0.15) is 0 Å². The second kappa shape index (κ2) is 14.0. The van der Waals surface area contributed by atoms with Crippen LogP contribution in [-0.2, 0) is 0 Å². The van der Waals surface area contributed by atoms with Crippen molar-refractivity contribution in [2.45, 2.75) is 0 Å². The molecule has 63 heavy (non-hydrogen) atoms. The first-order valence-electron chi connectivity index (χ1n) is 21.1. The summed E-state index contributed by atoms with van der Waals surface area (Å²) in [7, 11) is 0. The van der Waals surface area contributed by atoms with Gasteiger partial charge in [0.05, 0.1) is 11.0 Å². The molecule has 0 aliphatic heterocycles. The molecule has 0 saturated heterocycles. The number of hydrogen-bond acceptors (Lipinski definition) is 5. The van der Waals surface area contributed by atoms with Crippen LogP contribution in [0.5, 0.6) is 0 Å². The number of rotatable bonds is 6. The Morgan fingerprint density at radius 3 is 1.60 bits per heavy atom. The van der Waals surface area contributed by atoms with Gasteiger partial charge in [0.15, 0.2) is 11.6 Å². The van der Waals surface area contributed by atoms with Gasteiger partial charge in [-0.15, -0.1) is 0 Å². The van der Waals surface area contributed by atoms with Gasteiger partial charge >= 0.3 is 0 Å². The molecule has 4 heterocycles. The largest absolute Gasteiger partial charge is 0.456 e. The lowest BCUT2D eigenvalue weighted by Gasteiger charge is -2.14. The van der Waals surface area contributed by atoms with E-state index in [2.05, 4.69) is 144 Å². The Morgan fingerprint density at radius 2 is 0.825 bits per heavy atom. The highest BCUT2D eigenvalue weighted by Gasteiger charge is 2.21. The van der Waals surface area contributed by atoms with E-state index in [1.54, 1.807) is 0 Å². The Kier molecular flexibility index (Phi) is 7.80. The molecule has 0 bridgehead atoms. The minimum absolute atomic E-state index is 0.536. The van der Waals surface area contributed by atoms with Crippen LogP contribution in [0.3, 0.4) is 0 Å². The number of nitrogens with zero attached hydrogens (tertiary/aromatic N) is 4. The van der Waals surface area contributed by atoms with E-state index in [-0.39, 0.29) is 0 Å². The summed E-state index contributed by atoms with van der Waals surface area (Å²) in [5.74, 6) is 1.69. The molecule has 0 amide bonds. The van der Waals surface area contributed by atoms with Gasteiger partial charge in [-0.1, -0.05) is 152 Å². The van der Waals surface area contributed by atoms with Crippen LogP contribution in [0.2, 0.25) is 0 Å². The average Bonchev–Trinajstić information content (AvgIpc) is 4.03. The van der Waals surface area contributed by atoms with Crippen LogP contribution < -0.4 is 0 Å². The number of furan rings is 2. The van der Waals surface area contributed by atoms with Gasteiger partial charge in [0, 0.05) is 49.0 Å². The number of para-hydroxylation sites is 4. The summed E-state index contributed by atoms with van der Waals surface area (Å²) < 4.78 is 14.7. The molecule has 294 valence electrons. The van der Waals surface area contributed by atoms with Crippen LogP contribution in [0.15, 0.2) is 215 Å². The normalized spacial score (nSPS) is 11.8. The Hall–Kier alpha value is -8.61. The fourth-order valence-electron chi connectivity index (χ4n) is 9.28. The highest BCUT2D eigenvalue weighted by molar-refractivity contribution is 6.14. The third-order valence-corrected chi connectivity index (χ3v) is 12.3. The fraction of sp³-hybridized carbons (Fsp3) is 0. The molecule has 0 saturated carbocycles. The van der Waals surface area contributed by atoms with Gasteiger partial charge in [-0.3, -0.25) is 4.57 Å². The zero-order chi connectivity index (χ0) is 41.4. The summed E-state index contributed by atoms with van der Waals surface area (Å²) in [5.41, 5.74) is 13.9.